The molecule has 0 aliphatic carbocycles. The van der Waals surface area contributed by atoms with E-state index in [1.807, 2.05) is 26.0 Å². The monoisotopic (exact) mass is 584 g/mol. The van der Waals surface area contributed by atoms with E-state index in [0.717, 1.165) is 10.1 Å². The molecule has 1 N–H and O–H groups in total. The van der Waals surface area contributed by atoms with Gasteiger partial charge in [0.15, 0.2) is 5.78 Å². The van der Waals surface area contributed by atoms with Crippen molar-refractivity contribution in [2.75, 3.05) is 20.7 Å². The van der Waals surface area contributed by atoms with Crippen molar-refractivity contribution in [2.24, 2.45) is 0 Å². The first-order chi connectivity index (χ1) is 18.9. The van der Waals surface area contributed by atoms with Crippen molar-refractivity contribution in [3.63, 3.8) is 0 Å². The Bertz CT molecular complexity index is 1650. The lowest BCUT2D eigenvalue weighted by Gasteiger charge is -2.42. The minimum Gasteiger partial charge on any atom is -0.493 e. The molecule has 0 amide bonds. The molecule has 0 spiro atoms. The summed E-state index contributed by atoms with van der Waals surface area (Å²) in [5, 5.41) is 9.41. The summed E-state index contributed by atoms with van der Waals surface area (Å²) in [7, 11) is 3.41. The minimum atomic E-state index is -0.918. The van der Waals surface area contributed by atoms with Crippen LogP contribution < -0.4 is 20.9 Å². The number of allylic oxidation sites excluding steroid dienone is 1. The number of fused-ring (bicyclic) bond motifs is 5. The lowest BCUT2D eigenvalue weighted by atomic mass is 9.83. The maximum absolute atomic E-state index is 13.8. The van der Waals surface area contributed by atoms with Crippen LogP contribution in [0.15, 0.2) is 63.7 Å². The Labute approximate surface area is 242 Å². The van der Waals surface area contributed by atoms with Gasteiger partial charge in [-0.25, -0.2) is 23.5 Å². The molecule has 41 heavy (non-hydrogen) atoms. The first-order valence-electron chi connectivity index (χ1n) is 13.0. The molecule has 2 aromatic carbocycles. The highest BCUT2D eigenvalue weighted by molar-refractivity contribution is 5.94. The van der Waals surface area contributed by atoms with Crippen molar-refractivity contribution in [1.29, 1.82) is 0 Å². The standard InChI is InChI=1S/C29H32N4O7.ClH/c1-17(34)18-6-8-19(9-7-18)32-27(37)31-14-12-22-25(33(31)28(32)38)21-11-10-20(16-24(21)40-29(22,2)3)39-15-13-23(26(35)36)30(4)5;/h6-12,16,23,25H,13-15H2,1-5H3,(H,35,36);1H. The number of likely N-dealkylation sites (N-methyl/N-ethyl adjacent to an activating group) is 1. The Morgan fingerprint density at radius 1 is 1.12 bits per heavy atom. The van der Waals surface area contributed by atoms with E-state index in [9.17, 15) is 24.3 Å². The minimum absolute atomic E-state index is 0. The number of carbonyl (C=O) groups excluding carboxylic acids is 1. The molecule has 2 atom stereocenters. The summed E-state index contributed by atoms with van der Waals surface area (Å²) in [5.74, 6) is -0.00431. The van der Waals surface area contributed by atoms with Gasteiger partial charge < -0.3 is 14.6 Å². The quantitative estimate of drug-likeness (QED) is 0.316. The Balaban J connectivity index is 0.00000387. The molecule has 0 bridgehead atoms. The molecule has 1 aromatic heterocycles. The number of halogens is 1. The normalized spacial score (nSPS) is 17.2. The third kappa shape index (κ3) is 5.22. The van der Waals surface area contributed by atoms with Gasteiger partial charge in [-0.15, -0.1) is 12.4 Å². The second-order valence-electron chi connectivity index (χ2n) is 10.8. The van der Waals surface area contributed by atoms with E-state index in [-0.39, 0.29) is 31.3 Å². The number of ether oxygens (including phenoxy) is 2. The van der Waals surface area contributed by atoms with Crippen LogP contribution in [0.4, 0.5) is 0 Å². The van der Waals surface area contributed by atoms with E-state index in [1.54, 1.807) is 55.4 Å². The first kappa shape index (κ1) is 29.9. The van der Waals surface area contributed by atoms with Gasteiger partial charge in [0.25, 0.3) is 0 Å². The lowest BCUT2D eigenvalue weighted by Crippen LogP contribution is -2.46. The molecule has 0 fully saturated rings. The van der Waals surface area contributed by atoms with Crippen LogP contribution in [0.2, 0.25) is 0 Å². The van der Waals surface area contributed by atoms with Gasteiger partial charge >= 0.3 is 17.3 Å². The first-order valence-corrected chi connectivity index (χ1v) is 13.0. The number of benzene rings is 2. The van der Waals surface area contributed by atoms with Crippen LogP contribution in [0.25, 0.3) is 5.69 Å². The highest BCUT2D eigenvalue weighted by atomic mass is 35.5. The number of aliphatic carboxylic acids is 1. The molecule has 2 unspecified atom stereocenters. The topological polar surface area (TPSA) is 125 Å². The molecular formula is C29H33ClN4O7. The van der Waals surface area contributed by atoms with E-state index in [2.05, 4.69) is 0 Å². The van der Waals surface area contributed by atoms with E-state index in [4.69, 9.17) is 9.47 Å². The fourth-order valence-electron chi connectivity index (χ4n) is 5.42. The number of rotatable bonds is 8. The van der Waals surface area contributed by atoms with E-state index < -0.39 is 35.0 Å². The molecule has 5 rings (SSSR count). The van der Waals surface area contributed by atoms with Gasteiger partial charge in [-0.3, -0.25) is 14.5 Å². The van der Waals surface area contributed by atoms with E-state index in [1.165, 1.54) is 16.3 Å². The summed E-state index contributed by atoms with van der Waals surface area (Å²) >= 11 is 0. The van der Waals surface area contributed by atoms with Gasteiger partial charge in [-0.1, -0.05) is 6.08 Å². The fourth-order valence-corrected chi connectivity index (χ4v) is 5.42. The number of ketones is 1. The zero-order valence-electron chi connectivity index (χ0n) is 23.5. The molecule has 0 radical (unpaired) electrons. The molecule has 0 saturated carbocycles. The maximum atomic E-state index is 13.8. The van der Waals surface area contributed by atoms with E-state index >= 15 is 0 Å². The predicted octanol–water partition coefficient (Wildman–Crippen LogP) is 2.91. The number of nitrogens with zero attached hydrogens (tertiary/aromatic N) is 4. The Hall–Kier alpha value is -4.09. The van der Waals surface area contributed by atoms with Crippen LogP contribution in [-0.2, 0) is 11.3 Å². The van der Waals surface area contributed by atoms with Gasteiger partial charge in [0.2, 0.25) is 0 Å². The Morgan fingerprint density at radius 3 is 2.41 bits per heavy atom. The number of hydrogen-bond donors (Lipinski definition) is 1. The van der Waals surface area contributed by atoms with Crippen molar-refractivity contribution in [3.8, 4) is 17.2 Å². The smallest absolute Gasteiger partial charge is 0.352 e. The summed E-state index contributed by atoms with van der Waals surface area (Å²) in [4.78, 5) is 52.0. The lowest BCUT2D eigenvalue weighted by molar-refractivity contribution is -0.142. The zero-order chi connectivity index (χ0) is 28.9. The number of Topliss-reactive ketones (excluding diaryl/α,β-unsaturated/α-hetero) is 1. The summed E-state index contributed by atoms with van der Waals surface area (Å²) in [6, 6.07) is 10.4. The molecule has 2 aliphatic heterocycles. The van der Waals surface area contributed by atoms with Crippen LogP contribution in [-0.4, -0.2) is 68.0 Å². The molecule has 3 aromatic rings. The van der Waals surface area contributed by atoms with Crippen molar-refractivity contribution in [2.45, 2.75) is 51.4 Å². The third-order valence-electron chi connectivity index (χ3n) is 7.52. The van der Waals surface area contributed by atoms with Crippen molar-refractivity contribution in [3.05, 3.63) is 86.2 Å². The van der Waals surface area contributed by atoms with Gasteiger partial charge in [0, 0.05) is 23.6 Å². The van der Waals surface area contributed by atoms with Crippen molar-refractivity contribution < 1.29 is 24.2 Å². The highest BCUT2D eigenvalue weighted by Gasteiger charge is 2.44. The average molecular weight is 585 g/mol. The van der Waals surface area contributed by atoms with Gasteiger partial charge in [0.05, 0.1) is 18.8 Å². The summed E-state index contributed by atoms with van der Waals surface area (Å²) < 4.78 is 16.2. The number of carboxylic acids is 1. The van der Waals surface area contributed by atoms with Crippen LogP contribution in [0, 0.1) is 0 Å². The molecule has 0 saturated heterocycles. The number of hydrogen-bond acceptors (Lipinski definition) is 7. The van der Waals surface area contributed by atoms with E-state index in [0.29, 0.717) is 34.7 Å². The van der Waals surface area contributed by atoms with Gasteiger partial charge in [-0.2, -0.15) is 0 Å². The molecule has 218 valence electrons. The van der Waals surface area contributed by atoms with Crippen LogP contribution in [0.5, 0.6) is 11.5 Å². The van der Waals surface area contributed by atoms with Crippen LogP contribution in [0.1, 0.15) is 49.2 Å². The molecular weight excluding hydrogens is 552 g/mol. The number of aromatic nitrogens is 3. The summed E-state index contributed by atoms with van der Waals surface area (Å²) in [6.07, 6.45) is 2.22. The largest absolute Gasteiger partial charge is 0.493 e. The van der Waals surface area contributed by atoms with Crippen LogP contribution in [0.3, 0.4) is 0 Å². The molecule has 3 heterocycles. The zero-order valence-corrected chi connectivity index (χ0v) is 24.3. The van der Waals surface area contributed by atoms with Gasteiger partial charge in [-0.05, 0) is 76.8 Å². The fraction of sp³-hybridized carbons (Fsp3) is 0.379. The summed E-state index contributed by atoms with van der Waals surface area (Å²) in [6.45, 7) is 5.67. The average Bonchev–Trinajstić information content (AvgIpc) is 3.15. The summed E-state index contributed by atoms with van der Waals surface area (Å²) in [5.41, 5.74) is 0.678. The second kappa shape index (κ2) is 11.1. The number of carbonyl (C=O) groups is 2. The van der Waals surface area contributed by atoms with Crippen molar-refractivity contribution >= 4 is 24.2 Å². The Kier molecular flexibility index (Phi) is 8.06. The molecule has 12 heteroatoms. The maximum Gasteiger partial charge on any atom is 0.352 e. The Morgan fingerprint density at radius 2 is 1.80 bits per heavy atom. The highest BCUT2D eigenvalue weighted by Crippen LogP contribution is 2.47. The third-order valence-corrected chi connectivity index (χ3v) is 7.52. The van der Waals surface area contributed by atoms with Crippen molar-refractivity contribution in [1.82, 2.24) is 18.8 Å². The molecule has 2 aliphatic rings. The SMILES string of the molecule is CC(=O)c1ccc(-n2c(=O)n3n(c2=O)C2C(=CC3)C(C)(C)Oc3cc(OCCC(C(=O)O)N(C)C)ccc32)cc1.Cl. The number of carboxylic acid groups (broad SMARTS) is 1. The van der Waals surface area contributed by atoms with Crippen LogP contribution >= 0.6 is 12.4 Å². The molecule has 11 nitrogen and oxygen atoms in total. The van der Waals surface area contributed by atoms with Gasteiger partial charge in [0.1, 0.15) is 29.2 Å². The second-order valence-corrected chi connectivity index (χ2v) is 10.8. The predicted molar refractivity (Wildman–Crippen MR) is 154 cm³/mol.